The van der Waals surface area contributed by atoms with Crippen molar-refractivity contribution in [2.45, 2.75) is 18.6 Å². The van der Waals surface area contributed by atoms with Gasteiger partial charge in [0.05, 0.1) is 38.3 Å². The Morgan fingerprint density at radius 1 is 1.24 bits per heavy atom. The van der Waals surface area contributed by atoms with Gasteiger partial charge in [0.25, 0.3) is 0 Å². The number of carbonyl (C=O) groups excluding carboxylic acids is 1. The van der Waals surface area contributed by atoms with E-state index in [1.807, 2.05) is 19.1 Å². The maximum absolute atomic E-state index is 12.2. The predicted molar refractivity (Wildman–Crippen MR) is 107 cm³/mol. The number of amides is 1. The number of nitrogens with zero attached hydrogens (tertiary/aromatic N) is 4. The summed E-state index contributed by atoms with van der Waals surface area (Å²) in [6.07, 6.45) is 1.57. The molecule has 0 aliphatic rings. The van der Waals surface area contributed by atoms with Gasteiger partial charge in [0.15, 0.2) is 22.3 Å². The SMILES string of the molecule is COc1cc2nc(SCC(=O)NCc3ccco3)n3nc(C)nc3c2cc1OC. The van der Waals surface area contributed by atoms with Gasteiger partial charge >= 0.3 is 0 Å². The first kappa shape index (κ1) is 19.1. The van der Waals surface area contributed by atoms with Crippen molar-refractivity contribution in [3.05, 3.63) is 42.1 Å². The molecule has 29 heavy (non-hydrogen) atoms. The molecule has 0 spiro atoms. The third-order valence-corrected chi connectivity index (χ3v) is 5.15. The van der Waals surface area contributed by atoms with Crippen LogP contribution in [0.4, 0.5) is 0 Å². The quantitative estimate of drug-likeness (QED) is 0.364. The molecule has 3 aromatic heterocycles. The second kappa shape index (κ2) is 8.00. The molecule has 0 unspecified atom stereocenters. The summed E-state index contributed by atoms with van der Waals surface area (Å²) in [5.41, 5.74) is 1.33. The van der Waals surface area contributed by atoms with E-state index in [0.29, 0.717) is 45.9 Å². The second-order valence-corrected chi connectivity index (χ2v) is 7.10. The van der Waals surface area contributed by atoms with Crippen LogP contribution in [-0.2, 0) is 11.3 Å². The van der Waals surface area contributed by atoms with E-state index >= 15 is 0 Å². The highest BCUT2D eigenvalue weighted by Gasteiger charge is 2.17. The van der Waals surface area contributed by atoms with Crippen LogP contribution in [0.25, 0.3) is 16.6 Å². The van der Waals surface area contributed by atoms with Gasteiger partial charge in [-0.15, -0.1) is 5.10 Å². The summed E-state index contributed by atoms with van der Waals surface area (Å²) in [6.45, 7) is 2.15. The lowest BCUT2D eigenvalue weighted by atomic mass is 10.2. The summed E-state index contributed by atoms with van der Waals surface area (Å²) in [6, 6.07) is 7.21. The average Bonchev–Trinajstić information content (AvgIpc) is 3.38. The minimum Gasteiger partial charge on any atom is -0.493 e. The third-order valence-electron chi connectivity index (χ3n) is 4.23. The number of ether oxygens (including phenoxy) is 2. The summed E-state index contributed by atoms with van der Waals surface area (Å²) in [5, 5.41) is 8.60. The fraction of sp³-hybridized carbons (Fsp3) is 0.263. The van der Waals surface area contributed by atoms with Gasteiger partial charge in [0.2, 0.25) is 5.91 Å². The van der Waals surface area contributed by atoms with E-state index in [4.69, 9.17) is 13.9 Å². The van der Waals surface area contributed by atoms with E-state index in [1.54, 1.807) is 37.1 Å². The average molecular weight is 413 g/mol. The molecule has 0 saturated carbocycles. The summed E-state index contributed by atoms with van der Waals surface area (Å²) >= 11 is 1.28. The molecule has 1 aromatic carbocycles. The number of furan rings is 1. The van der Waals surface area contributed by atoms with Crippen LogP contribution in [0, 0.1) is 6.92 Å². The number of methoxy groups -OCH3 is 2. The zero-order valence-electron chi connectivity index (χ0n) is 16.1. The molecule has 9 nitrogen and oxygen atoms in total. The van der Waals surface area contributed by atoms with Crippen LogP contribution in [0.5, 0.6) is 11.5 Å². The number of rotatable bonds is 7. The highest BCUT2D eigenvalue weighted by Crippen LogP contribution is 2.34. The molecule has 0 radical (unpaired) electrons. The zero-order valence-corrected chi connectivity index (χ0v) is 16.9. The zero-order chi connectivity index (χ0) is 20.4. The van der Waals surface area contributed by atoms with E-state index in [2.05, 4.69) is 20.4 Å². The largest absolute Gasteiger partial charge is 0.493 e. The van der Waals surface area contributed by atoms with Gasteiger partial charge < -0.3 is 19.2 Å². The van der Waals surface area contributed by atoms with Crippen molar-refractivity contribution >= 4 is 34.2 Å². The van der Waals surface area contributed by atoms with Crippen LogP contribution in [0.2, 0.25) is 0 Å². The lowest BCUT2D eigenvalue weighted by Crippen LogP contribution is -2.24. The standard InChI is InChI=1S/C19H19N5O4S/c1-11-21-18-13-7-15(26-2)16(27-3)8-14(13)22-19(24(18)23-11)29-10-17(25)20-9-12-5-4-6-28-12/h4-8H,9-10H2,1-3H3,(H,20,25). The monoisotopic (exact) mass is 413 g/mol. The number of carbonyl (C=O) groups is 1. The molecular formula is C19H19N5O4S. The Hall–Kier alpha value is -3.27. The van der Waals surface area contributed by atoms with Gasteiger partial charge in [-0.3, -0.25) is 4.79 Å². The summed E-state index contributed by atoms with van der Waals surface area (Å²) in [4.78, 5) is 21.4. The lowest BCUT2D eigenvalue weighted by molar-refractivity contribution is -0.118. The van der Waals surface area contributed by atoms with E-state index < -0.39 is 0 Å². The van der Waals surface area contributed by atoms with Crippen molar-refractivity contribution in [1.82, 2.24) is 24.9 Å². The molecule has 150 valence electrons. The fourth-order valence-electron chi connectivity index (χ4n) is 2.89. The van der Waals surface area contributed by atoms with Crippen molar-refractivity contribution in [3.63, 3.8) is 0 Å². The van der Waals surface area contributed by atoms with E-state index in [1.165, 1.54) is 11.8 Å². The Morgan fingerprint density at radius 2 is 2.03 bits per heavy atom. The number of benzene rings is 1. The molecule has 0 atom stereocenters. The van der Waals surface area contributed by atoms with Gasteiger partial charge in [-0.05, 0) is 25.1 Å². The smallest absolute Gasteiger partial charge is 0.230 e. The maximum Gasteiger partial charge on any atom is 0.230 e. The fourth-order valence-corrected chi connectivity index (χ4v) is 3.66. The summed E-state index contributed by atoms with van der Waals surface area (Å²) in [7, 11) is 3.15. The Labute approximate surface area is 170 Å². The van der Waals surface area contributed by atoms with Crippen molar-refractivity contribution in [2.24, 2.45) is 0 Å². The second-order valence-electron chi connectivity index (χ2n) is 6.16. The minimum absolute atomic E-state index is 0.134. The van der Waals surface area contributed by atoms with Crippen LogP contribution in [0.3, 0.4) is 0 Å². The molecule has 0 saturated heterocycles. The number of aryl methyl sites for hydroxylation is 1. The Balaban J connectivity index is 1.63. The summed E-state index contributed by atoms with van der Waals surface area (Å²) < 4.78 is 17.6. The van der Waals surface area contributed by atoms with Crippen LogP contribution < -0.4 is 14.8 Å². The highest BCUT2D eigenvalue weighted by atomic mass is 32.2. The Morgan fingerprint density at radius 3 is 2.76 bits per heavy atom. The number of hydrogen-bond donors (Lipinski definition) is 1. The van der Waals surface area contributed by atoms with Crippen molar-refractivity contribution in [3.8, 4) is 11.5 Å². The van der Waals surface area contributed by atoms with Crippen molar-refractivity contribution < 1.29 is 18.7 Å². The maximum atomic E-state index is 12.2. The topological polar surface area (TPSA) is 104 Å². The first-order chi connectivity index (χ1) is 14.1. The molecule has 1 N–H and O–H groups in total. The Bertz CT molecular complexity index is 1170. The molecule has 3 heterocycles. The number of aromatic nitrogens is 4. The number of thioether (sulfide) groups is 1. The first-order valence-corrected chi connectivity index (χ1v) is 9.78. The van der Waals surface area contributed by atoms with E-state index in [-0.39, 0.29) is 11.7 Å². The predicted octanol–water partition coefficient (Wildman–Crippen LogP) is 2.60. The van der Waals surface area contributed by atoms with Crippen molar-refractivity contribution in [2.75, 3.05) is 20.0 Å². The van der Waals surface area contributed by atoms with Crippen molar-refractivity contribution in [1.29, 1.82) is 0 Å². The molecule has 0 bridgehead atoms. The molecule has 1 amide bonds. The van der Waals surface area contributed by atoms with E-state index in [9.17, 15) is 4.79 Å². The molecule has 0 aliphatic heterocycles. The van der Waals surface area contributed by atoms with Crippen LogP contribution in [0.1, 0.15) is 11.6 Å². The number of hydrogen-bond acceptors (Lipinski definition) is 8. The molecule has 4 rings (SSSR count). The highest BCUT2D eigenvalue weighted by molar-refractivity contribution is 7.99. The van der Waals surface area contributed by atoms with Gasteiger partial charge in [-0.2, -0.15) is 4.52 Å². The van der Waals surface area contributed by atoms with E-state index in [0.717, 1.165) is 5.39 Å². The molecule has 0 aliphatic carbocycles. The first-order valence-electron chi connectivity index (χ1n) is 8.80. The number of fused-ring (bicyclic) bond motifs is 3. The van der Waals surface area contributed by atoms with Crippen LogP contribution >= 0.6 is 11.8 Å². The normalized spacial score (nSPS) is 11.1. The van der Waals surface area contributed by atoms with Gasteiger partial charge in [0.1, 0.15) is 11.6 Å². The molecule has 10 heteroatoms. The minimum atomic E-state index is -0.134. The Kier molecular flexibility index (Phi) is 5.26. The van der Waals surface area contributed by atoms with Gasteiger partial charge in [-0.25, -0.2) is 9.97 Å². The lowest BCUT2D eigenvalue weighted by Gasteiger charge is -2.11. The third kappa shape index (κ3) is 3.83. The molecule has 4 aromatic rings. The molecular weight excluding hydrogens is 394 g/mol. The number of nitrogens with one attached hydrogen (secondary N) is 1. The summed E-state index contributed by atoms with van der Waals surface area (Å²) in [5.74, 6) is 2.51. The van der Waals surface area contributed by atoms with Crippen LogP contribution in [-0.4, -0.2) is 45.5 Å². The van der Waals surface area contributed by atoms with Gasteiger partial charge in [0, 0.05) is 11.5 Å². The van der Waals surface area contributed by atoms with Gasteiger partial charge in [-0.1, -0.05) is 11.8 Å². The van der Waals surface area contributed by atoms with Crippen LogP contribution in [0.15, 0.2) is 40.1 Å². The molecule has 0 fully saturated rings.